The summed E-state index contributed by atoms with van der Waals surface area (Å²) >= 11 is 0. The molecule has 200 valence electrons. The summed E-state index contributed by atoms with van der Waals surface area (Å²) in [6.07, 6.45) is 3.13. The molecule has 1 aromatic rings. The molecule has 0 N–H and O–H groups in total. The number of hydrogen-bond donors (Lipinski definition) is 0. The van der Waals surface area contributed by atoms with Gasteiger partial charge in [0.1, 0.15) is 12.1 Å². The molecule has 4 rings (SSSR count). The van der Waals surface area contributed by atoms with Gasteiger partial charge in [-0.2, -0.15) is 0 Å². The molecule has 3 fully saturated rings. The molecule has 0 aromatic heterocycles. The number of hydrogen-bond acceptors (Lipinski definition) is 4. The van der Waals surface area contributed by atoms with E-state index in [0.717, 1.165) is 37.8 Å². The summed E-state index contributed by atoms with van der Waals surface area (Å²) in [6.45, 7) is 11.4. The molecule has 1 spiro atoms. The topological polar surface area (TPSA) is 70.2 Å². The van der Waals surface area contributed by atoms with Gasteiger partial charge in [-0.05, 0) is 70.1 Å². The molecule has 1 aromatic carbocycles. The lowest BCUT2D eigenvalue weighted by molar-refractivity contribution is -0.181. The van der Waals surface area contributed by atoms with Crippen LogP contribution in [0, 0.1) is 17.6 Å². The van der Waals surface area contributed by atoms with E-state index in [1.165, 1.54) is 15.9 Å². The van der Waals surface area contributed by atoms with Crippen LogP contribution in [0.3, 0.4) is 0 Å². The zero-order chi connectivity index (χ0) is 26.8. The monoisotopic (exact) mass is 507 g/mol. The molecule has 3 aliphatic rings. The molecule has 2 saturated heterocycles. The summed E-state index contributed by atoms with van der Waals surface area (Å²) in [6, 6.07) is 3.45. The molecule has 0 atom stereocenters. The molecule has 1 saturated carbocycles. The van der Waals surface area contributed by atoms with Crippen LogP contribution in [0.5, 0.6) is 0 Å². The number of piperazine rings is 1. The van der Waals surface area contributed by atoms with Crippen LogP contribution in [0.1, 0.15) is 72.8 Å². The second-order valence-corrected chi connectivity index (χ2v) is 10.9. The van der Waals surface area contributed by atoms with Gasteiger partial charge >= 0.3 is 6.09 Å². The van der Waals surface area contributed by atoms with Gasteiger partial charge in [0.25, 0.3) is 5.91 Å². The maximum Gasteiger partial charge on any atom is 0.410 e. The fourth-order valence-electron chi connectivity index (χ4n) is 5.18. The van der Waals surface area contributed by atoms with Crippen LogP contribution in [0.25, 0.3) is 0 Å². The van der Waals surface area contributed by atoms with E-state index in [1.807, 2.05) is 13.8 Å². The van der Waals surface area contributed by atoms with E-state index >= 15 is 0 Å². The van der Waals surface area contributed by atoms with Crippen LogP contribution in [-0.4, -0.2) is 69.4 Å². The Morgan fingerprint density at radius 1 is 1.06 bits per heavy atom. The maximum absolute atomic E-state index is 13.9. The predicted octanol–water partition coefficient (Wildman–Crippen LogP) is 4.73. The first kappa shape index (κ1) is 27.9. The largest absolute Gasteiger partial charge is 0.444 e. The molecular weight excluding hydrogens is 468 g/mol. The molecule has 2 aliphatic heterocycles. The van der Waals surface area contributed by atoms with Crippen LogP contribution in [0.2, 0.25) is 0 Å². The highest BCUT2D eigenvalue weighted by Gasteiger charge is 2.62. The van der Waals surface area contributed by atoms with Crippen LogP contribution < -0.4 is 0 Å². The minimum atomic E-state index is -1.24. The minimum absolute atomic E-state index is 0.00878. The Morgan fingerprint density at radius 2 is 1.67 bits per heavy atom. The first-order valence-electron chi connectivity index (χ1n) is 12.9. The Labute approximate surface area is 212 Å². The molecule has 2 heterocycles. The molecule has 1 aliphatic carbocycles. The van der Waals surface area contributed by atoms with E-state index in [-0.39, 0.29) is 44.0 Å². The first-order chi connectivity index (χ1) is 16.9. The predicted molar refractivity (Wildman–Crippen MR) is 132 cm³/mol. The second-order valence-electron chi connectivity index (χ2n) is 10.9. The van der Waals surface area contributed by atoms with Crippen LogP contribution in [0.4, 0.5) is 13.6 Å². The van der Waals surface area contributed by atoms with Crippen molar-refractivity contribution in [2.24, 2.45) is 5.92 Å². The van der Waals surface area contributed by atoms with Crippen molar-refractivity contribution in [3.8, 4) is 0 Å². The standard InChI is InChI=1S/C25H33F2N3O4.C2H6/c1-16-5-8-18(9-6-16)29-13-21(31)30(12-17-7-10-19(26)20(27)11-17)25(22(29)32)14-28(15-25)23(33)34-24(2,3)4;1-2/h7,10-11,16,18H,5-6,8-9,12-15H2,1-4H3;1-2H3. The van der Waals surface area contributed by atoms with Gasteiger partial charge in [-0.1, -0.05) is 26.8 Å². The normalized spacial score (nSPS) is 23.7. The summed E-state index contributed by atoms with van der Waals surface area (Å²) in [5.74, 6) is -1.83. The summed E-state index contributed by atoms with van der Waals surface area (Å²) in [5.41, 5.74) is -1.54. The number of likely N-dealkylation sites (tertiary alicyclic amines) is 1. The summed E-state index contributed by atoms with van der Waals surface area (Å²) < 4.78 is 32.7. The molecular formula is C27H39F2N3O4. The zero-order valence-electron chi connectivity index (χ0n) is 22.3. The highest BCUT2D eigenvalue weighted by Crippen LogP contribution is 2.38. The quantitative estimate of drug-likeness (QED) is 0.593. The van der Waals surface area contributed by atoms with Crippen molar-refractivity contribution >= 4 is 17.9 Å². The minimum Gasteiger partial charge on any atom is -0.444 e. The first-order valence-corrected chi connectivity index (χ1v) is 12.9. The summed E-state index contributed by atoms with van der Waals surface area (Å²) in [5, 5.41) is 0. The third-order valence-electron chi connectivity index (χ3n) is 7.09. The third kappa shape index (κ3) is 5.65. The Hall–Kier alpha value is -2.71. The van der Waals surface area contributed by atoms with Crippen molar-refractivity contribution in [1.29, 1.82) is 0 Å². The van der Waals surface area contributed by atoms with E-state index in [1.54, 1.807) is 25.7 Å². The van der Waals surface area contributed by atoms with Gasteiger partial charge < -0.3 is 19.4 Å². The molecule has 0 radical (unpaired) electrons. The van der Waals surface area contributed by atoms with Gasteiger partial charge in [-0.15, -0.1) is 0 Å². The maximum atomic E-state index is 13.9. The highest BCUT2D eigenvalue weighted by atomic mass is 19.2. The average molecular weight is 508 g/mol. The number of carbonyl (C=O) groups is 3. The number of ether oxygens (including phenoxy) is 1. The van der Waals surface area contributed by atoms with Gasteiger partial charge in [0.15, 0.2) is 17.2 Å². The van der Waals surface area contributed by atoms with Crippen molar-refractivity contribution in [1.82, 2.24) is 14.7 Å². The van der Waals surface area contributed by atoms with Crippen LogP contribution >= 0.6 is 0 Å². The van der Waals surface area contributed by atoms with Gasteiger partial charge in [-0.25, -0.2) is 13.6 Å². The zero-order valence-corrected chi connectivity index (χ0v) is 22.3. The Balaban J connectivity index is 0.00000176. The average Bonchev–Trinajstić information content (AvgIpc) is 2.78. The van der Waals surface area contributed by atoms with Crippen molar-refractivity contribution in [3.05, 3.63) is 35.4 Å². The molecule has 7 nitrogen and oxygen atoms in total. The lowest BCUT2D eigenvalue weighted by Gasteiger charge is -2.58. The number of nitrogens with zero attached hydrogens (tertiary/aromatic N) is 3. The van der Waals surface area contributed by atoms with E-state index in [4.69, 9.17) is 4.74 Å². The van der Waals surface area contributed by atoms with Crippen molar-refractivity contribution in [3.63, 3.8) is 0 Å². The van der Waals surface area contributed by atoms with Crippen LogP contribution in [-0.2, 0) is 20.9 Å². The number of rotatable bonds is 3. The number of amides is 3. The van der Waals surface area contributed by atoms with Gasteiger partial charge in [0.05, 0.1) is 13.1 Å². The van der Waals surface area contributed by atoms with E-state index in [0.29, 0.717) is 11.5 Å². The van der Waals surface area contributed by atoms with Gasteiger partial charge in [0.2, 0.25) is 5.91 Å². The van der Waals surface area contributed by atoms with Crippen molar-refractivity contribution in [2.45, 2.75) is 91.0 Å². The fourth-order valence-corrected chi connectivity index (χ4v) is 5.18. The van der Waals surface area contributed by atoms with Crippen LogP contribution in [0.15, 0.2) is 18.2 Å². The van der Waals surface area contributed by atoms with E-state index in [9.17, 15) is 23.2 Å². The second kappa shape index (κ2) is 10.7. The van der Waals surface area contributed by atoms with Gasteiger partial charge in [0, 0.05) is 12.6 Å². The lowest BCUT2D eigenvalue weighted by atomic mass is 9.80. The van der Waals surface area contributed by atoms with Gasteiger partial charge in [-0.3, -0.25) is 9.59 Å². The number of carbonyl (C=O) groups excluding carboxylic acids is 3. The Bertz CT molecular complexity index is 980. The van der Waals surface area contributed by atoms with Crippen molar-refractivity contribution < 1.29 is 27.9 Å². The summed E-state index contributed by atoms with van der Waals surface area (Å²) in [7, 11) is 0. The number of benzene rings is 1. The fraction of sp³-hybridized carbons (Fsp3) is 0.667. The van der Waals surface area contributed by atoms with E-state index < -0.39 is 28.9 Å². The molecule has 0 bridgehead atoms. The van der Waals surface area contributed by atoms with E-state index in [2.05, 4.69) is 6.92 Å². The Kier molecular flexibility index (Phi) is 8.30. The summed E-state index contributed by atoms with van der Waals surface area (Å²) in [4.78, 5) is 44.3. The Morgan fingerprint density at radius 3 is 2.22 bits per heavy atom. The SMILES string of the molecule is CC.CC1CCC(N2CC(=O)N(Cc3ccc(F)c(F)c3)C3(CN(C(=O)OC(C)(C)C)C3)C2=O)CC1. The number of halogens is 2. The molecule has 0 unspecified atom stereocenters. The highest BCUT2D eigenvalue weighted by molar-refractivity contribution is 6.00. The molecule has 9 heteroatoms. The lowest BCUT2D eigenvalue weighted by Crippen LogP contribution is -2.81. The molecule has 3 amide bonds. The molecule has 36 heavy (non-hydrogen) atoms. The smallest absolute Gasteiger partial charge is 0.410 e. The third-order valence-corrected chi connectivity index (χ3v) is 7.09. The van der Waals surface area contributed by atoms with Crippen molar-refractivity contribution in [2.75, 3.05) is 19.6 Å².